The van der Waals surface area contributed by atoms with Crippen molar-refractivity contribution in [2.45, 2.75) is 19.4 Å². The summed E-state index contributed by atoms with van der Waals surface area (Å²) < 4.78 is 4.79. The fourth-order valence-electron chi connectivity index (χ4n) is 0.167. The minimum Gasteiger partial charge on any atom is -0.341 e. The summed E-state index contributed by atoms with van der Waals surface area (Å²) in [4.78, 5) is 0. The van der Waals surface area contributed by atoms with E-state index in [0.717, 1.165) is 6.42 Å². The van der Waals surface area contributed by atoms with Gasteiger partial charge in [0.05, 0.1) is 6.92 Å². The van der Waals surface area contributed by atoms with Gasteiger partial charge in [-0.15, -0.1) is 0 Å². The van der Waals surface area contributed by atoms with Crippen LogP contribution < -0.4 is 0 Å². The van der Waals surface area contributed by atoms with E-state index in [0.29, 0.717) is 0 Å². The van der Waals surface area contributed by atoms with Gasteiger partial charge < -0.3 is 4.74 Å². The molecule has 6 heavy (non-hydrogen) atoms. The Balaban J connectivity index is 2.75. The fourth-order valence-corrected chi connectivity index (χ4v) is 0.167. The van der Waals surface area contributed by atoms with Gasteiger partial charge in [-0.25, -0.2) is 0 Å². The highest BCUT2D eigenvalue weighted by molar-refractivity contribution is 4.52. The molecule has 0 aliphatic carbocycles. The van der Waals surface area contributed by atoms with Gasteiger partial charge in [0.1, 0.15) is 0 Å². The molecule has 1 atom stereocenters. The average molecular weight is 87.1 g/mol. The maximum Gasteiger partial charge on any atom is 0.193 e. The van der Waals surface area contributed by atoms with E-state index in [1.165, 1.54) is 0 Å². The van der Waals surface area contributed by atoms with Crippen molar-refractivity contribution in [1.29, 1.82) is 0 Å². The van der Waals surface area contributed by atoms with Crippen LogP contribution in [0.1, 0.15) is 13.3 Å². The maximum atomic E-state index is 4.79. The second kappa shape index (κ2) is 3.04. The summed E-state index contributed by atoms with van der Waals surface area (Å²) in [6.07, 6.45) is 1.18. The third-order valence-electron chi connectivity index (χ3n) is 0.789. The Morgan fingerprint density at radius 2 is 2.33 bits per heavy atom. The Morgan fingerprint density at radius 1 is 1.83 bits per heavy atom. The molecule has 0 N–H and O–H groups in total. The first-order valence-corrected chi connectivity index (χ1v) is 2.17. The zero-order valence-electron chi connectivity index (χ0n) is 4.40. The van der Waals surface area contributed by atoms with Crippen LogP contribution in [0.15, 0.2) is 0 Å². The summed E-state index contributed by atoms with van der Waals surface area (Å²) in [6.45, 7) is 5.70. The number of rotatable bonds is 2. The van der Waals surface area contributed by atoms with Gasteiger partial charge in [-0.3, -0.25) is 0 Å². The van der Waals surface area contributed by atoms with E-state index in [-0.39, 0.29) is 6.10 Å². The lowest BCUT2D eigenvalue weighted by molar-refractivity contribution is 0.136. The molecule has 0 radical (unpaired) electrons. The first-order chi connectivity index (χ1) is 2.81. The van der Waals surface area contributed by atoms with E-state index in [9.17, 15) is 0 Å². The van der Waals surface area contributed by atoms with Gasteiger partial charge in [-0.2, -0.15) is 0 Å². The largest absolute Gasteiger partial charge is 0.341 e. The summed E-state index contributed by atoms with van der Waals surface area (Å²) in [7, 11) is 1.67. The van der Waals surface area contributed by atoms with Gasteiger partial charge in [-0.05, 0) is 0 Å². The van der Waals surface area contributed by atoms with Gasteiger partial charge in [-0.1, -0.05) is 6.92 Å². The third kappa shape index (κ3) is 2.09. The third-order valence-corrected chi connectivity index (χ3v) is 0.789. The fraction of sp³-hybridized carbons (Fsp3) is 0.800. The highest BCUT2D eigenvalue weighted by Crippen LogP contribution is 1.89. The highest BCUT2D eigenvalue weighted by Gasteiger charge is 1.97. The van der Waals surface area contributed by atoms with Crippen LogP contribution in [-0.2, 0) is 4.74 Å². The average Bonchev–Trinajstić information content (AvgIpc) is 1.65. The number of hydrogen-bond acceptors (Lipinski definition) is 1. The summed E-state index contributed by atoms with van der Waals surface area (Å²) >= 11 is 0. The molecule has 0 bridgehead atoms. The molecule has 0 heterocycles. The molecule has 0 saturated carbocycles. The van der Waals surface area contributed by atoms with Crippen molar-refractivity contribution < 1.29 is 4.74 Å². The van der Waals surface area contributed by atoms with E-state index < -0.39 is 0 Å². The molecule has 0 fully saturated rings. The second-order valence-corrected chi connectivity index (χ2v) is 1.27. The Bertz CT molecular complexity index is 23.1. The number of ether oxygens (including phenoxy) is 1. The lowest BCUT2D eigenvalue weighted by atomic mass is 10.3. The van der Waals surface area contributed by atoms with Crippen molar-refractivity contribution in [3.63, 3.8) is 0 Å². The Labute approximate surface area is 39.3 Å². The quantitative estimate of drug-likeness (QED) is 0.460. The molecule has 0 aromatic heterocycles. The van der Waals surface area contributed by atoms with Crippen molar-refractivity contribution in [2.75, 3.05) is 7.11 Å². The van der Waals surface area contributed by atoms with Gasteiger partial charge in [0.2, 0.25) is 0 Å². The van der Waals surface area contributed by atoms with Crippen LogP contribution in [0.3, 0.4) is 0 Å². The predicted octanol–water partition coefficient (Wildman–Crippen LogP) is 1.25. The molecule has 0 aromatic carbocycles. The summed E-state index contributed by atoms with van der Waals surface area (Å²) in [5.41, 5.74) is 0. The van der Waals surface area contributed by atoms with Crippen molar-refractivity contribution in [3.8, 4) is 0 Å². The van der Waals surface area contributed by atoms with Crippen LogP contribution in [0.25, 0.3) is 0 Å². The van der Waals surface area contributed by atoms with Gasteiger partial charge in [0.25, 0.3) is 0 Å². The monoisotopic (exact) mass is 87.1 g/mol. The highest BCUT2D eigenvalue weighted by atomic mass is 16.5. The molecule has 0 amide bonds. The predicted molar refractivity (Wildman–Crippen MR) is 26.4 cm³/mol. The maximum absolute atomic E-state index is 4.79. The molecule has 0 aliphatic heterocycles. The van der Waals surface area contributed by atoms with Crippen LogP contribution in [0.5, 0.6) is 0 Å². The minimum absolute atomic E-state index is 0.185. The summed E-state index contributed by atoms with van der Waals surface area (Å²) in [5, 5.41) is 0. The van der Waals surface area contributed by atoms with Crippen molar-refractivity contribution in [1.82, 2.24) is 0 Å². The van der Waals surface area contributed by atoms with Gasteiger partial charge in [0, 0.05) is 13.5 Å². The Hall–Kier alpha value is -0.170. The standard InChI is InChI=1S/C5H11O/c1-4-5(2)6-3/h5H,2,4H2,1,3H3/q+1. The Morgan fingerprint density at radius 3 is 2.33 bits per heavy atom. The zero-order valence-corrected chi connectivity index (χ0v) is 4.40. The van der Waals surface area contributed by atoms with Gasteiger partial charge >= 0.3 is 0 Å². The van der Waals surface area contributed by atoms with Crippen LogP contribution in [0.4, 0.5) is 0 Å². The van der Waals surface area contributed by atoms with Crippen molar-refractivity contribution in [2.24, 2.45) is 0 Å². The van der Waals surface area contributed by atoms with Crippen LogP contribution >= 0.6 is 0 Å². The first-order valence-electron chi connectivity index (χ1n) is 2.17. The molecule has 1 nitrogen and oxygen atoms in total. The topological polar surface area (TPSA) is 9.23 Å². The van der Waals surface area contributed by atoms with E-state index in [4.69, 9.17) is 4.74 Å². The number of hydrogen-bond donors (Lipinski definition) is 0. The van der Waals surface area contributed by atoms with Crippen molar-refractivity contribution in [3.05, 3.63) is 6.92 Å². The minimum atomic E-state index is 0.185. The molecule has 0 rings (SSSR count). The van der Waals surface area contributed by atoms with Crippen LogP contribution in [-0.4, -0.2) is 13.2 Å². The molecular formula is C5H11O+. The van der Waals surface area contributed by atoms with Crippen LogP contribution in [0.2, 0.25) is 0 Å². The molecule has 1 unspecified atom stereocenters. The van der Waals surface area contributed by atoms with Gasteiger partial charge in [0.15, 0.2) is 6.10 Å². The molecular weight excluding hydrogens is 76.1 g/mol. The summed E-state index contributed by atoms with van der Waals surface area (Å²) in [6, 6.07) is 0. The molecule has 1 heteroatoms. The van der Waals surface area contributed by atoms with E-state index in [1.54, 1.807) is 7.11 Å². The normalized spacial score (nSPS) is 14.3. The summed E-state index contributed by atoms with van der Waals surface area (Å²) in [5.74, 6) is 0. The van der Waals surface area contributed by atoms with E-state index >= 15 is 0 Å². The lowest BCUT2D eigenvalue weighted by Gasteiger charge is -1.93. The molecule has 0 spiro atoms. The molecule has 0 aliphatic rings. The SMILES string of the molecule is [CH2+]C(CC)OC. The Kier molecular flexibility index (Phi) is 2.95. The van der Waals surface area contributed by atoms with E-state index in [2.05, 4.69) is 6.92 Å². The second-order valence-electron chi connectivity index (χ2n) is 1.27. The molecule has 36 valence electrons. The zero-order chi connectivity index (χ0) is 4.99. The lowest BCUT2D eigenvalue weighted by Crippen LogP contribution is -2.00. The molecule has 0 aromatic rings. The first kappa shape index (κ1) is 5.83. The smallest absolute Gasteiger partial charge is 0.193 e. The van der Waals surface area contributed by atoms with E-state index in [1.807, 2.05) is 6.92 Å². The van der Waals surface area contributed by atoms with Crippen molar-refractivity contribution >= 4 is 0 Å². The van der Waals surface area contributed by atoms with Crippen LogP contribution in [0, 0.1) is 6.92 Å². The number of methoxy groups -OCH3 is 1. The molecule has 0 saturated heterocycles.